The third kappa shape index (κ3) is 4.27. The molecule has 164 valence electrons. The van der Waals surface area contributed by atoms with E-state index in [0.29, 0.717) is 23.3 Å². The Bertz CT molecular complexity index is 1030. The molecule has 1 unspecified atom stereocenters. The summed E-state index contributed by atoms with van der Waals surface area (Å²) < 4.78 is 18.0. The summed E-state index contributed by atoms with van der Waals surface area (Å²) in [4.78, 5) is 25.2. The first kappa shape index (κ1) is 21.3. The van der Waals surface area contributed by atoms with Gasteiger partial charge in [-0.25, -0.2) is 15.0 Å². The zero-order valence-electron chi connectivity index (χ0n) is 16.8. The number of carbonyl (C=O) groups excluding carboxylic acids is 1. The predicted molar refractivity (Wildman–Crippen MR) is 108 cm³/mol. The molecule has 1 amide bonds. The molecule has 31 heavy (non-hydrogen) atoms. The molecular weight excluding hydrogens is 406 g/mol. The maximum absolute atomic E-state index is 12.5. The zero-order valence-corrected chi connectivity index (χ0v) is 16.8. The van der Waals surface area contributed by atoms with Crippen LogP contribution in [0, 0.1) is 0 Å². The molecule has 4 atom stereocenters. The molecule has 1 aromatic carbocycles. The largest absolute Gasteiger partial charge is 0.394 e. The number of anilines is 1. The molecule has 0 radical (unpaired) electrons. The lowest BCUT2D eigenvalue weighted by Gasteiger charge is -2.19. The van der Waals surface area contributed by atoms with E-state index in [9.17, 15) is 15.0 Å². The lowest BCUT2D eigenvalue weighted by Crippen LogP contribution is -2.37. The topological polar surface area (TPSA) is 141 Å². The van der Waals surface area contributed by atoms with Crippen molar-refractivity contribution < 1.29 is 29.2 Å². The number of aromatic nitrogens is 4. The first-order chi connectivity index (χ1) is 15.1. The van der Waals surface area contributed by atoms with Crippen LogP contribution in [-0.4, -0.2) is 80.9 Å². The second-order valence-electron chi connectivity index (χ2n) is 6.93. The molecule has 0 bridgehead atoms. The van der Waals surface area contributed by atoms with E-state index < -0.39 is 24.5 Å². The standard InChI is InChI=1S/C20H23N5O6/c1-29-7-8-30-16-13(9-26)31-20(15(16)27)25-11-23-14-17(21-10-22-18(14)25)24-19(28)12-5-3-2-4-6-12/h2-6,10-11,13,15-16,20,26-27H,7-9H2,1H3,(H,21,22,24,28)/t13-,15+,16?,20-/m1/s1. The Labute approximate surface area is 177 Å². The highest BCUT2D eigenvalue weighted by Gasteiger charge is 2.45. The van der Waals surface area contributed by atoms with Gasteiger partial charge < -0.3 is 29.7 Å². The van der Waals surface area contributed by atoms with E-state index in [4.69, 9.17) is 14.2 Å². The van der Waals surface area contributed by atoms with E-state index in [0.717, 1.165) is 0 Å². The maximum atomic E-state index is 12.5. The lowest BCUT2D eigenvalue weighted by molar-refractivity contribution is -0.0678. The van der Waals surface area contributed by atoms with Crippen molar-refractivity contribution in [3.63, 3.8) is 0 Å². The second-order valence-corrected chi connectivity index (χ2v) is 6.93. The number of hydrogen-bond acceptors (Lipinski definition) is 9. The molecule has 0 aliphatic carbocycles. The van der Waals surface area contributed by atoms with Gasteiger partial charge in [0.1, 0.15) is 24.6 Å². The van der Waals surface area contributed by atoms with Crippen molar-refractivity contribution in [2.24, 2.45) is 0 Å². The summed E-state index contributed by atoms with van der Waals surface area (Å²) in [5.74, 6) is -0.101. The SMILES string of the molecule is COCCOC1[C@@H](CO)O[C@@H](n2cnc3c(NC(=O)c4ccccc4)ncnc32)[C@H]1O. The molecule has 0 saturated carbocycles. The van der Waals surface area contributed by atoms with Gasteiger partial charge in [-0.05, 0) is 12.1 Å². The molecule has 1 fully saturated rings. The summed E-state index contributed by atoms with van der Waals surface area (Å²) in [7, 11) is 1.54. The van der Waals surface area contributed by atoms with Crippen molar-refractivity contribution in [1.29, 1.82) is 0 Å². The Morgan fingerprint density at radius 3 is 2.77 bits per heavy atom. The molecule has 3 N–H and O–H groups in total. The summed E-state index contributed by atoms with van der Waals surface area (Å²) >= 11 is 0. The average molecular weight is 429 g/mol. The number of carbonyl (C=O) groups is 1. The molecule has 11 heteroatoms. The summed E-state index contributed by atoms with van der Waals surface area (Å²) in [6.07, 6.45) is -0.711. The van der Waals surface area contributed by atoms with Crippen molar-refractivity contribution in [3.8, 4) is 0 Å². The number of hydrogen-bond donors (Lipinski definition) is 3. The summed E-state index contributed by atoms with van der Waals surface area (Å²) in [5, 5.41) is 23.2. The normalized spacial score (nSPS) is 23.3. The molecule has 3 heterocycles. The van der Waals surface area contributed by atoms with E-state index in [-0.39, 0.29) is 24.9 Å². The van der Waals surface area contributed by atoms with Gasteiger partial charge in [0.05, 0.1) is 26.1 Å². The van der Waals surface area contributed by atoms with E-state index in [2.05, 4.69) is 20.3 Å². The molecule has 1 aliphatic heterocycles. The second kappa shape index (κ2) is 9.45. The van der Waals surface area contributed by atoms with Crippen LogP contribution < -0.4 is 5.32 Å². The Kier molecular flexibility index (Phi) is 6.49. The number of nitrogens with one attached hydrogen (secondary N) is 1. The molecule has 1 saturated heterocycles. The minimum absolute atomic E-state index is 0.233. The Balaban J connectivity index is 1.58. The number of fused-ring (bicyclic) bond motifs is 1. The fourth-order valence-corrected chi connectivity index (χ4v) is 3.47. The van der Waals surface area contributed by atoms with Gasteiger partial charge in [0.25, 0.3) is 5.91 Å². The van der Waals surface area contributed by atoms with E-state index in [1.807, 2.05) is 6.07 Å². The number of aliphatic hydroxyl groups is 2. The molecule has 4 rings (SSSR count). The number of imidazole rings is 1. The van der Waals surface area contributed by atoms with Gasteiger partial charge in [-0.2, -0.15) is 0 Å². The van der Waals surface area contributed by atoms with Crippen molar-refractivity contribution >= 4 is 22.9 Å². The van der Waals surface area contributed by atoms with Gasteiger partial charge in [-0.3, -0.25) is 9.36 Å². The number of ether oxygens (including phenoxy) is 3. The van der Waals surface area contributed by atoms with Gasteiger partial charge in [-0.1, -0.05) is 18.2 Å². The lowest BCUT2D eigenvalue weighted by atomic mass is 10.1. The first-order valence-corrected chi connectivity index (χ1v) is 9.73. The van der Waals surface area contributed by atoms with Crippen LogP contribution in [0.3, 0.4) is 0 Å². The quantitative estimate of drug-likeness (QED) is 0.433. The summed E-state index contributed by atoms with van der Waals surface area (Å²) in [5.41, 5.74) is 1.17. The van der Waals surface area contributed by atoms with Gasteiger partial charge in [0.2, 0.25) is 0 Å². The van der Waals surface area contributed by atoms with Crippen molar-refractivity contribution in [3.05, 3.63) is 48.5 Å². The number of benzene rings is 1. The van der Waals surface area contributed by atoms with Crippen molar-refractivity contribution in [2.75, 3.05) is 32.2 Å². The van der Waals surface area contributed by atoms with Crippen LogP contribution >= 0.6 is 0 Å². The fourth-order valence-electron chi connectivity index (χ4n) is 3.47. The molecule has 3 aromatic rings. The predicted octanol–water partition coefficient (Wildman–Crippen LogP) is 0.361. The van der Waals surface area contributed by atoms with Gasteiger partial charge in [0.15, 0.2) is 23.2 Å². The fraction of sp³-hybridized carbons (Fsp3) is 0.400. The third-order valence-corrected chi connectivity index (χ3v) is 4.99. The monoisotopic (exact) mass is 429 g/mol. The van der Waals surface area contributed by atoms with Crippen molar-refractivity contribution in [1.82, 2.24) is 19.5 Å². The molecule has 11 nitrogen and oxygen atoms in total. The van der Waals surface area contributed by atoms with Crippen LogP contribution in [0.1, 0.15) is 16.6 Å². The highest BCUT2D eigenvalue weighted by Crippen LogP contribution is 2.33. The Morgan fingerprint density at radius 1 is 1.23 bits per heavy atom. The molecule has 0 spiro atoms. The Morgan fingerprint density at radius 2 is 2.03 bits per heavy atom. The average Bonchev–Trinajstić information content (AvgIpc) is 3.36. The van der Waals surface area contributed by atoms with Gasteiger partial charge in [-0.15, -0.1) is 0 Å². The number of rotatable bonds is 8. The van der Waals surface area contributed by atoms with Crippen molar-refractivity contribution in [2.45, 2.75) is 24.5 Å². The van der Waals surface area contributed by atoms with Crippen LogP contribution in [-0.2, 0) is 14.2 Å². The van der Waals surface area contributed by atoms with Crippen LogP contribution in [0.25, 0.3) is 11.2 Å². The van der Waals surface area contributed by atoms with E-state index in [1.54, 1.807) is 31.4 Å². The summed E-state index contributed by atoms with van der Waals surface area (Å²) in [6.45, 7) is 0.260. The smallest absolute Gasteiger partial charge is 0.256 e. The van der Waals surface area contributed by atoms with Crippen LogP contribution in [0.15, 0.2) is 43.0 Å². The number of methoxy groups -OCH3 is 1. The highest BCUT2D eigenvalue weighted by molar-refractivity contribution is 6.06. The van der Waals surface area contributed by atoms with Gasteiger partial charge >= 0.3 is 0 Å². The summed E-state index contributed by atoms with van der Waals surface area (Å²) in [6, 6.07) is 8.73. The first-order valence-electron chi connectivity index (χ1n) is 9.73. The zero-order chi connectivity index (χ0) is 21.8. The number of aliphatic hydroxyl groups excluding tert-OH is 2. The Hall–Kier alpha value is -2.96. The number of nitrogens with zero attached hydrogens (tertiary/aromatic N) is 4. The van der Waals surface area contributed by atoms with Crippen LogP contribution in [0.4, 0.5) is 5.82 Å². The number of amides is 1. The van der Waals surface area contributed by atoms with Crippen LogP contribution in [0.5, 0.6) is 0 Å². The van der Waals surface area contributed by atoms with E-state index >= 15 is 0 Å². The van der Waals surface area contributed by atoms with E-state index in [1.165, 1.54) is 17.2 Å². The third-order valence-electron chi connectivity index (χ3n) is 4.99. The maximum Gasteiger partial charge on any atom is 0.256 e. The minimum atomic E-state index is -1.08. The highest BCUT2D eigenvalue weighted by atomic mass is 16.6. The van der Waals surface area contributed by atoms with Crippen LogP contribution in [0.2, 0.25) is 0 Å². The molecular formula is C20H23N5O6. The van der Waals surface area contributed by atoms with Gasteiger partial charge in [0, 0.05) is 12.7 Å². The molecule has 2 aromatic heterocycles. The molecule has 1 aliphatic rings. The minimum Gasteiger partial charge on any atom is -0.394 e.